The molecule has 3 aromatic heterocycles. The lowest BCUT2D eigenvalue weighted by Gasteiger charge is -2.38. The average Bonchev–Trinajstić information content (AvgIpc) is 3.59. The van der Waals surface area contributed by atoms with E-state index >= 15 is 0 Å². The molecule has 40 heavy (non-hydrogen) atoms. The number of aromatic nitrogens is 5. The van der Waals surface area contributed by atoms with Crippen LogP contribution in [0.25, 0.3) is 16.6 Å². The lowest BCUT2D eigenvalue weighted by molar-refractivity contribution is 0.0646. The fourth-order valence-corrected chi connectivity index (χ4v) is 5.56. The van der Waals surface area contributed by atoms with Gasteiger partial charge in [-0.05, 0) is 45.7 Å². The molecule has 1 amide bonds. The van der Waals surface area contributed by atoms with E-state index in [-0.39, 0.29) is 18.0 Å². The number of imidazole rings is 1. The van der Waals surface area contributed by atoms with Gasteiger partial charge >= 0.3 is 6.01 Å². The normalized spacial score (nSPS) is 21.2. The zero-order chi connectivity index (χ0) is 27.8. The average molecular weight is 547 g/mol. The third-order valence-corrected chi connectivity index (χ3v) is 7.23. The van der Waals surface area contributed by atoms with Crippen LogP contribution in [-0.2, 0) is 4.74 Å². The van der Waals surface area contributed by atoms with E-state index in [0.29, 0.717) is 47.1 Å². The second-order valence-corrected chi connectivity index (χ2v) is 10.6. The SMILES string of the molecule is COc1nc(NC(=O)c2ccc(N3C[C@@H](C)N[C@@H](C)C3)c3cnc(OCC4CCCO4)nc23)cn2cc(C)nc12. The predicted molar refractivity (Wildman–Crippen MR) is 151 cm³/mol. The van der Waals surface area contributed by atoms with Crippen molar-refractivity contribution in [3.8, 4) is 11.9 Å². The van der Waals surface area contributed by atoms with Crippen LogP contribution in [0.1, 0.15) is 42.7 Å². The molecule has 3 atom stereocenters. The van der Waals surface area contributed by atoms with Crippen LogP contribution in [0.4, 0.5) is 11.5 Å². The number of piperazine rings is 1. The number of ether oxygens (including phenoxy) is 3. The van der Waals surface area contributed by atoms with Gasteiger partial charge in [-0.1, -0.05) is 0 Å². The highest BCUT2D eigenvalue weighted by Crippen LogP contribution is 2.31. The first-order chi connectivity index (χ1) is 19.4. The summed E-state index contributed by atoms with van der Waals surface area (Å²) in [7, 11) is 1.52. The van der Waals surface area contributed by atoms with Gasteiger partial charge in [0.2, 0.25) is 5.65 Å². The van der Waals surface area contributed by atoms with Crippen LogP contribution in [0.5, 0.6) is 11.9 Å². The number of hydrogen-bond acceptors (Lipinski definition) is 10. The minimum absolute atomic E-state index is 0.0278. The van der Waals surface area contributed by atoms with E-state index < -0.39 is 0 Å². The first-order valence-electron chi connectivity index (χ1n) is 13.6. The Labute approximate surface area is 232 Å². The predicted octanol–water partition coefficient (Wildman–Crippen LogP) is 2.99. The summed E-state index contributed by atoms with van der Waals surface area (Å²) in [5.74, 6) is 0.297. The molecule has 2 saturated heterocycles. The van der Waals surface area contributed by atoms with Gasteiger partial charge in [0, 0.05) is 55.2 Å². The summed E-state index contributed by atoms with van der Waals surface area (Å²) in [4.78, 5) is 34.1. The van der Waals surface area contributed by atoms with Gasteiger partial charge < -0.3 is 29.7 Å². The maximum absolute atomic E-state index is 13.7. The molecule has 1 unspecified atom stereocenters. The lowest BCUT2D eigenvalue weighted by atomic mass is 10.0. The summed E-state index contributed by atoms with van der Waals surface area (Å²) in [6, 6.07) is 4.62. The highest BCUT2D eigenvalue weighted by atomic mass is 16.5. The topological polar surface area (TPSA) is 128 Å². The van der Waals surface area contributed by atoms with Crippen LogP contribution in [0.15, 0.2) is 30.7 Å². The zero-order valence-corrected chi connectivity index (χ0v) is 23.2. The summed E-state index contributed by atoms with van der Waals surface area (Å²) in [5.41, 5.74) is 3.27. The Morgan fingerprint density at radius 2 is 2.00 bits per heavy atom. The summed E-state index contributed by atoms with van der Waals surface area (Å²) >= 11 is 0. The molecule has 2 aliphatic heterocycles. The highest BCUT2D eigenvalue weighted by Gasteiger charge is 2.25. The number of methoxy groups -OCH3 is 1. The Balaban J connectivity index is 1.36. The highest BCUT2D eigenvalue weighted by molar-refractivity contribution is 6.13. The van der Waals surface area contributed by atoms with Gasteiger partial charge in [-0.2, -0.15) is 9.97 Å². The number of amides is 1. The fraction of sp³-hybridized carbons (Fsp3) is 0.464. The standard InChI is InChI=1S/C28H34N8O4/c1-16-11-35(12-17(2)30-16)22-8-7-20(24-21(22)10-29-28(34-24)40-15-19-6-5-9-39-19)26(37)32-23-14-36-13-18(3)31-25(36)27(33-23)38-4/h7-8,10,13-14,16-17,19,30H,5-6,9,11-12,15H2,1-4H3,(H,32,37)/t16-,17+,19?. The van der Waals surface area contributed by atoms with Crippen molar-refractivity contribution in [1.82, 2.24) is 29.7 Å². The number of nitrogens with zero attached hydrogens (tertiary/aromatic N) is 6. The Kier molecular flexibility index (Phi) is 7.11. The summed E-state index contributed by atoms with van der Waals surface area (Å²) in [5, 5.41) is 7.26. The Morgan fingerprint density at radius 1 is 1.18 bits per heavy atom. The van der Waals surface area contributed by atoms with Gasteiger partial charge in [0.1, 0.15) is 6.61 Å². The van der Waals surface area contributed by atoms with Gasteiger partial charge in [-0.25, -0.2) is 9.97 Å². The van der Waals surface area contributed by atoms with E-state index in [1.165, 1.54) is 7.11 Å². The van der Waals surface area contributed by atoms with E-state index in [2.05, 4.69) is 44.3 Å². The molecule has 0 saturated carbocycles. The second-order valence-electron chi connectivity index (χ2n) is 10.6. The Hall–Kier alpha value is -4.03. The Morgan fingerprint density at radius 3 is 2.75 bits per heavy atom. The minimum atomic E-state index is -0.354. The molecule has 4 aromatic rings. The number of hydrogen-bond donors (Lipinski definition) is 2. The monoisotopic (exact) mass is 546 g/mol. The summed E-state index contributed by atoms with van der Waals surface area (Å²) in [6.45, 7) is 8.99. The number of nitrogens with one attached hydrogen (secondary N) is 2. The molecule has 12 heteroatoms. The molecular formula is C28H34N8O4. The number of carbonyl (C=O) groups excluding carboxylic acids is 1. The van der Waals surface area contributed by atoms with E-state index in [1.807, 2.05) is 19.2 Å². The molecule has 0 radical (unpaired) electrons. The molecule has 12 nitrogen and oxygen atoms in total. The van der Waals surface area contributed by atoms with Crippen LogP contribution >= 0.6 is 0 Å². The molecule has 2 fully saturated rings. The van der Waals surface area contributed by atoms with E-state index in [0.717, 1.165) is 49.3 Å². The van der Waals surface area contributed by atoms with E-state index in [4.69, 9.17) is 19.2 Å². The van der Waals surface area contributed by atoms with Crippen molar-refractivity contribution in [2.24, 2.45) is 0 Å². The van der Waals surface area contributed by atoms with Gasteiger partial charge in [-0.3, -0.25) is 9.20 Å². The molecule has 0 bridgehead atoms. The van der Waals surface area contributed by atoms with Crippen molar-refractivity contribution in [2.45, 2.75) is 51.8 Å². The summed E-state index contributed by atoms with van der Waals surface area (Å²) in [6.07, 6.45) is 7.30. The van der Waals surface area contributed by atoms with E-state index in [1.54, 1.807) is 22.9 Å². The molecule has 0 aliphatic carbocycles. The van der Waals surface area contributed by atoms with Crippen LogP contribution in [0, 0.1) is 6.92 Å². The molecular weight excluding hydrogens is 512 g/mol. The number of fused-ring (bicyclic) bond motifs is 2. The molecule has 2 aliphatic rings. The first kappa shape index (κ1) is 26.2. The third-order valence-electron chi connectivity index (χ3n) is 7.23. The van der Waals surface area contributed by atoms with Gasteiger partial charge in [0.15, 0.2) is 5.82 Å². The van der Waals surface area contributed by atoms with Crippen molar-refractivity contribution in [3.63, 3.8) is 0 Å². The molecule has 1 aromatic carbocycles. The van der Waals surface area contributed by atoms with Crippen LogP contribution in [0.2, 0.25) is 0 Å². The first-order valence-corrected chi connectivity index (χ1v) is 13.6. The molecule has 5 heterocycles. The number of benzene rings is 1. The zero-order valence-electron chi connectivity index (χ0n) is 23.2. The third kappa shape index (κ3) is 5.24. The van der Waals surface area contributed by atoms with Crippen LogP contribution in [-0.4, -0.2) is 81.8 Å². The maximum Gasteiger partial charge on any atom is 0.317 e. The fourth-order valence-electron chi connectivity index (χ4n) is 5.56. The minimum Gasteiger partial charge on any atom is -0.478 e. The van der Waals surface area contributed by atoms with Gasteiger partial charge in [0.25, 0.3) is 11.8 Å². The van der Waals surface area contributed by atoms with Crippen molar-refractivity contribution in [1.29, 1.82) is 0 Å². The largest absolute Gasteiger partial charge is 0.478 e. The van der Waals surface area contributed by atoms with Crippen molar-refractivity contribution < 1.29 is 19.0 Å². The van der Waals surface area contributed by atoms with Crippen molar-refractivity contribution in [2.75, 3.05) is 43.6 Å². The van der Waals surface area contributed by atoms with Gasteiger partial charge in [-0.15, -0.1) is 0 Å². The number of carbonyl (C=O) groups is 1. The van der Waals surface area contributed by atoms with Crippen molar-refractivity contribution in [3.05, 3.63) is 42.0 Å². The molecule has 6 rings (SSSR count). The Bertz CT molecular complexity index is 1540. The molecule has 2 N–H and O–H groups in total. The van der Waals surface area contributed by atoms with Gasteiger partial charge in [0.05, 0.1) is 36.2 Å². The van der Waals surface area contributed by atoms with E-state index in [9.17, 15) is 4.79 Å². The molecule has 210 valence electrons. The quantitative estimate of drug-likeness (QED) is 0.357. The maximum atomic E-state index is 13.7. The van der Waals surface area contributed by atoms with Crippen molar-refractivity contribution >= 4 is 34.0 Å². The molecule has 0 spiro atoms. The second kappa shape index (κ2) is 10.9. The number of anilines is 2. The number of rotatable bonds is 7. The smallest absolute Gasteiger partial charge is 0.317 e. The number of aryl methyl sites for hydroxylation is 1. The lowest BCUT2D eigenvalue weighted by Crippen LogP contribution is -2.54. The van der Waals surface area contributed by atoms with Crippen LogP contribution in [0.3, 0.4) is 0 Å². The van der Waals surface area contributed by atoms with Crippen LogP contribution < -0.4 is 25.0 Å². The summed E-state index contributed by atoms with van der Waals surface area (Å²) < 4.78 is 18.8.